The molecule has 0 bridgehead atoms. The standard InChI is InChI=1S/C17H19BrN2O3S/c1-13(14-5-3-2-4-6-14)20-17(21)11-12-19-24(22,23)16-9-7-15(18)8-10-16/h2-10,13,19H,11-12H2,1H3,(H,20,21)/t13-/m0/s1. The topological polar surface area (TPSA) is 75.3 Å². The minimum absolute atomic E-state index is 0.0474. The normalized spacial score (nSPS) is 12.6. The molecule has 2 N–H and O–H groups in total. The molecule has 0 spiro atoms. The Hall–Kier alpha value is -1.70. The van der Waals surface area contributed by atoms with Gasteiger partial charge in [-0.1, -0.05) is 46.3 Å². The maximum absolute atomic E-state index is 12.1. The Kier molecular flexibility index (Phi) is 6.53. The van der Waals surface area contributed by atoms with Crippen molar-refractivity contribution in [3.05, 3.63) is 64.6 Å². The zero-order chi connectivity index (χ0) is 17.6. The number of hydrogen-bond donors (Lipinski definition) is 2. The number of carbonyl (C=O) groups is 1. The van der Waals surface area contributed by atoms with Crippen LogP contribution in [0.4, 0.5) is 0 Å². The third-order valence-electron chi connectivity index (χ3n) is 3.45. The van der Waals surface area contributed by atoms with E-state index in [1.165, 1.54) is 12.1 Å². The van der Waals surface area contributed by atoms with E-state index < -0.39 is 10.0 Å². The first-order chi connectivity index (χ1) is 11.4. The third-order valence-corrected chi connectivity index (χ3v) is 5.45. The second-order valence-corrected chi connectivity index (χ2v) is 7.98. The van der Waals surface area contributed by atoms with Gasteiger partial charge in [-0.25, -0.2) is 13.1 Å². The van der Waals surface area contributed by atoms with E-state index in [2.05, 4.69) is 26.0 Å². The number of halogens is 1. The Morgan fingerprint density at radius 3 is 2.33 bits per heavy atom. The summed E-state index contributed by atoms with van der Waals surface area (Å²) in [7, 11) is -3.60. The lowest BCUT2D eigenvalue weighted by Gasteiger charge is -2.14. The number of rotatable bonds is 7. The summed E-state index contributed by atoms with van der Waals surface area (Å²) < 4.78 is 27.5. The second kappa shape index (κ2) is 8.41. The van der Waals surface area contributed by atoms with Gasteiger partial charge >= 0.3 is 0 Å². The molecule has 0 radical (unpaired) electrons. The predicted molar refractivity (Wildman–Crippen MR) is 96.9 cm³/mol. The summed E-state index contributed by atoms with van der Waals surface area (Å²) in [6.07, 6.45) is 0.0763. The molecule has 0 aliphatic carbocycles. The zero-order valence-electron chi connectivity index (χ0n) is 13.2. The molecule has 1 atom stereocenters. The van der Waals surface area contributed by atoms with E-state index in [9.17, 15) is 13.2 Å². The van der Waals surface area contributed by atoms with Gasteiger partial charge in [-0.15, -0.1) is 0 Å². The van der Waals surface area contributed by atoms with Crippen molar-refractivity contribution in [3.63, 3.8) is 0 Å². The average molecular weight is 411 g/mol. The molecule has 0 saturated heterocycles. The first kappa shape index (κ1) is 18.6. The molecular weight excluding hydrogens is 392 g/mol. The van der Waals surface area contributed by atoms with Crippen LogP contribution in [-0.2, 0) is 14.8 Å². The zero-order valence-corrected chi connectivity index (χ0v) is 15.6. The molecule has 2 aromatic carbocycles. The van der Waals surface area contributed by atoms with Crippen molar-refractivity contribution < 1.29 is 13.2 Å². The van der Waals surface area contributed by atoms with Crippen LogP contribution in [0, 0.1) is 0 Å². The largest absolute Gasteiger partial charge is 0.350 e. The van der Waals surface area contributed by atoms with Gasteiger partial charge in [0.2, 0.25) is 15.9 Å². The lowest BCUT2D eigenvalue weighted by Crippen LogP contribution is -2.32. The maximum Gasteiger partial charge on any atom is 0.240 e. The van der Waals surface area contributed by atoms with Crippen molar-refractivity contribution in [1.29, 1.82) is 0 Å². The van der Waals surface area contributed by atoms with Crippen molar-refractivity contribution >= 4 is 31.9 Å². The Morgan fingerprint density at radius 2 is 1.71 bits per heavy atom. The van der Waals surface area contributed by atoms with Crippen molar-refractivity contribution in [2.24, 2.45) is 0 Å². The van der Waals surface area contributed by atoms with Gasteiger partial charge in [0.05, 0.1) is 10.9 Å². The highest BCUT2D eigenvalue weighted by Gasteiger charge is 2.15. The van der Waals surface area contributed by atoms with E-state index in [0.29, 0.717) is 0 Å². The average Bonchev–Trinajstić information content (AvgIpc) is 2.56. The number of nitrogens with one attached hydrogen (secondary N) is 2. The van der Waals surface area contributed by atoms with Gasteiger partial charge in [-0.05, 0) is 36.8 Å². The molecule has 128 valence electrons. The van der Waals surface area contributed by atoms with Gasteiger partial charge in [0.1, 0.15) is 0 Å². The summed E-state index contributed by atoms with van der Waals surface area (Å²) in [5, 5.41) is 2.85. The van der Waals surface area contributed by atoms with Gasteiger partial charge in [0, 0.05) is 17.4 Å². The number of hydrogen-bond acceptors (Lipinski definition) is 3. The minimum Gasteiger partial charge on any atom is -0.350 e. The summed E-state index contributed by atoms with van der Waals surface area (Å²) in [5.41, 5.74) is 1.00. The van der Waals surface area contributed by atoms with E-state index in [-0.39, 0.29) is 29.8 Å². The number of carbonyl (C=O) groups excluding carboxylic acids is 1. The number of amides is 1. The molecule has 2 aromatic rings. The highest BCUT2D eigenvalue weighted by atomic mass is 79.9. The van der Waals surface area contributed by atoms with Crippen LogP contribution in [0.2, 0.25) is 0 Å². The molecule has 0 aliphatic heterocycles. The predicted octanol–water partition coefficient (Wildman–Crippen LogP) is 2.99. The van der Waals surface area contributed by atoms with E-state index in [1.807, 2.05) is 37.3 Å². The maximum atomic E-state index is 12.1. The molecule has 0 unspecified atom stereocenters. The summed E-state index contributed by atoms with van der Waals surface area (Å²) in [4.78, 5) is 12.1. The molecule has 1 amide bonds. The van der Waals surface area contributed by atoms with Crippen molar-refractivity contribution in [1.82, 2.24) is 10.0 Å². The number of sulfonamides is 1. The van der Waals surface area contributed by atoms with Crippen LogP contribution in [0.3, 0.4) is 0 Å². The van der Waals surface area contributed by atoms with Crippen molar-refractivity contribution in [2.75, 3.05) is 6.54 Å². The quantitative estimate of drug-likeness (QED) is 0.736. The minimum atomic E-state index is -3.60. The van der Waals surface area contributed by atoms with Crippen molar-refractivity contribution in [3.8, 4) is 0 Å². The molecular formula is C17H19BrN2O3S. The lowest BCUT2D eigenvalue weighted by atomic mass is 10.1. The molecule has 7 heteroatoms. The molecule has 24 heavy (non-hydrogen) atoms. The number of benzene rings is 2. The lowest BCUT2D eigenvalue weighted by molar-refractivity contribution is -0.121. The van der Waals surface area contributed by atoms with Crippen LogP contribution in [0.1, 0.15) is 24.9 Å². The fourth-order valence-electron chi connectivity index (χ4n) is 2.13. The molecule has 0 aliphatic rings. The SMILES string of the molecule is C[C@H](NC(=O)CCNS(=O)(=O)c1ccc(Br)cc1)c1ccccc1. The third kappa shape index (κ3) is 5.43. The highest BCUT2D eigenvalue weighted by Crippen LogP contribution is 2.14. The molecule has 0 fully saturated rings. The first-order valence-corrected chi connectivity index (χ1v) is 9.75. The smallest absolute Gasteiger partial charge is 0.240 e. The van der Waals surface area contributed by atoms with Gasteiger partial charge in [0.25, 0.3) is 0 Å². The Morgan fingerprint density at radius 1 is 1.08 bits per heavy atom. The van der Waals surface area contributed by atoms with Crippen molar-refractivity contribution in [2.45, 2.75) is 24.3 Å². The van der Waals surface area contributed by atoms with Gasteiger partial charge in [-0.2, -0.15) is 0 Å². The van der Waals surface area contributed by atoms with Gasteiger partial charge in [0.15, 0.2) is 0 Å². The van der Waals surface area contributed by atoms with E-state index >= 15 is 0 Å². The van der Waals surface area contributed by atoms with Gasteiger partial charge in [-0.3, -0.25) is 4.79 Å². The van der Waals surface area contributed by atoms with Gasteiger partial charge < -0.3 is 5.32 Å². The summed E-state index contributed by atoms with van der Waals surface area (Å²) >= 11 is 3.26. The van der Waals surface area contributed by atoms with E-state index in [1.54, 1.807) is 12.1 Å². The molecule has 2 rings (SSSR count). The highest BCUT2D eigenvalue weighted by molar-refractivity contribution is 9.10. The van der Waals surface area contributed by atoms with Crippen LogP contribution in [-0.4, -0.2) is 20.9 Å². The molecule has 0 saturated carbocycles. The Labute approximate surface area is 150 Å². The molecule has 0 heterocycles. The van der Waals surface area contributed by atoms with E-state index in [4.69, 9.17) is 0 Å². The monoisotopic (exact) mass is 410 g/mol. The first-order valence-electron chi connectivity index (χ1n) is 7.48. The van der Waals surface area contributed by atoms with E-state index in [0.717, 1.165) is 10.0 Å². The summed E-state index contributed by atoms with van der Waals surface area (Å²) in [6, 6.07) is 15.8. The molecule has 0 aromatic heterocycles. The van der Waals surface area contributed by atoms with Crippen LogP contribution >= 0.6 is 15.9 Å². The van der Waals surface area contributed by atoms with Crippen LogP contribution in [0.25, 0.3) is 0 Å². The summed E-state index contributed by atoms with van der Waals surface area (Å²) in [5.74, 6) is -0.204. The Balaban J connectivity index is 1.83. The van der Waals surface area contributed by atoms with Crippen LogP contribution in [0.5, 0.6) is 0 Å². The van der Waals surface area contributed by atoms with Crippen LogP contribution < -0.4 is 10.0 Å². The Bertz CT molecular complexity index is 777. The summed E-state index contributed by atoms with van der Waals surface area (Å²) in [6.45, 7) is 1.94. The fourth-order valence-corrected chi connectivity index (χ4v) is 3.43. The fraction of sp³-hybridized carbons (Fsp3) is 0.235. The second-order valence-electron chi connectivity index (χ2n) is 5.30. The molecule has 5 nitrogen and oxygen atoms in total. The van der Waals surface area contributed by atoms with Crippen LogP contribution in [0.15, 0.2) is 64.0 Å².